The molecule has 0 amide bonds. The van der Waals surface area contributed by atoms with Crippen LogP contribution >= 0.6 is 15.9 Å². The van der Waals surface area contributed by atoms with Crippen molar-refractivity contribution in [2.24, 2.45) is 0 Å². The third-order valence-electron chi connectivity index (χ3n) is 1.61. The predicted octanol–water partition coefficient (Wildman–Crippen LogP) is 1.06. The predicted molar refractivity (Wildman–Crippen MR) is 48.3 cm³/mol. The Balaban J connectivity index is 2.57. The maximum absolute atomic E-state index is 4.06. The van der Waals surface area contributed by atoms with E-state index in [9.17, 15) is 0 Å². The minimum atomic E-state index is 0.661. The lowest BCUT2D eigenvalue weighted by atomic mass is 10.3. The molecule has 0 aliphatic rings. The van der Waals surface area contributed by atoms with Gasteiger partial charge in [-0.2, -0.15) is 10.1 Å². The summed E-state index contributed by atoms with van der Waals surface area (Å²) in [5, 5.41) is 4.98. The lowest BCUT2D eigenvalue weighted by molar-refractivity contribution is 0.854. The molecule has 0 N–H and O–H groups in total. The van der Waals surface area contributed by atoms with Gasteiger partial charge in [-0.05, 0) is 12.5 Å². The molecular formula is C7H7BrN4. The van der Waals surface area contributed by atoms with Crippen molar-refractivity contribution in [3.63, 3.8) is 0 Å². The average molecular weight is 227 g/mol. The third-order valence-corrected chi connectivity index (χ3v) is 2.01. The summed E-state index contributed by atoms with van der Waals surface area (Å²) in [6.45, 7) is 0. The topological polar surface area (TPSA) is 43.1 Å². The Bertz CT molecular complexity index is 384. The van der Waals surface area contributed by atoms with Crippen LogP contribution < -0.4 is 0 Å². The van der Waals surface area contributed by atoms with Gasteiger partial charge in [0.1, 0.15) is 6.33 Å². The van der Waals surface area contributed by atoms with E-state index in [2.05, 4.69) is 31.0 Å². The molecule has 0 bridgehead atoms. The van der Waals surface area contributed by atoms with Crippen molar-refractivity contribution in [3.05, 3.63) is 24.3 Å². The lowest BCUT2D eigenvalue weighted by Gasteiger charge is -1.98. The Labute approximate surface area is 77.8 Å². The van der Waals surface area contributed by atoms with Crippen LogP contribution in [-0.2, 0) is 6.42 Å². The molecule has 5 heteroatoms. The standard InChI is InChI=1S/C7H7BrN4/c8-3-1-6-2-4-9-7-10-5-11-12(6)7/h2,4-5H,1,3H2. The van der Waals surface area contributed by atoms with E-state index in [-0.39, 0.29) is 0 Å². The van der Waals surface area contributed by atoms with E-state index >= 15 is 0 Å². The van der Waals surface area contributed by atoms with Crippen molar-refractivity contribution in [1.82, 2.24) is 19.6 Å². The fourth-order valence-corrected chi connectivity index (χ4v) is 1.48. The van der Waals surface area contributed by atoms with Crippen LogP contribution in [0.1, 0.15) is 5.69 Å². The zero-order valence-electron chi connectivity index (χ0n) is 6.31. The Kier molecular flexibility index (Phi) is 2.03. The molecule has 0 saturated carbocycles. The first-order chi connectivity index (χ1) is 5.92. The van der Waals surface area contributed by atoms with Gasteiger partial charge < -0.3 is 0 Å². The van der Waals surface area contributed by atoms with Crippen molar-refractivity contribution in [2.45, 2.75) is 6.42 Å². The molecule has 2 aromatic heterocycles. The zero-order valence-corrected chi connectivity index (χ0v) is 7.90. The van der Waals surface area contributed by atoms with Gasteiger partial charge in [0, 0.05) is 17.2 Å². The van der Waals surface area contributed by atoms with Gasteiger partial charge in [0.2, 0.25) is 0 Å². The highest BCUT2D eigenvalue weighted by Gasteiger charge is 2.00. The third kappa shape index (κ3) is 1.20. The van der Waals surface area contributed by atoms with Crippen molar-refractivity contribution < 1.29 is 0 Å². The van der Waals surface area contributed by atoms with Crippen molar-refractivity contribution in [3.8, 4) is 0 Å². The number of aromatic nitrogens is 4. The van der Waals surface area contributed by atoms with E-state index in [0.717, 1.165) is 17.4 Å². The fraction of sp³-hybridized carbons (Fsp3) is 0.286. The molecule has 2 heterocycles. The maximum Gasteiger partial charge on any atom is 0.252 e. The molecule has 0 aliphatic carbocycles. The Morgan fingerprint density at radius 1 is 1.42 bits per heavy atom. The van der Waals surface area contributed by atoms with Crippen LogP contribution in [0, 0.1) is 0 Å². The van der Waals surface area contributed by atoms with Crippen LogP contribution in [0.25, 0.3) is 5.78 Å². The molecule has 0 aromatic carbocycles. The molecule has 0 saturated heterocycles. The van der Waals surface area contributed by atoms with E-state index in [1.807, 2.05) is 6.07 Å². The first-order valence-corrected chi connectivity index (χ1v) is 4.73. The summed E-state index contributed by atoms with van der Waals surface area (Å²) in [4.78, 5) is 8.05. The molecule has 2 aromatic rings. The molecule has 0 fully saturated rings. The van der Waals surface area contributed by atoms with Gasteiger partial charge in [-0.25, -0.2) is 9.50 Å². The molecule has 0 atom stereocenters. The first kappa shape index (κ1) is 7.67. The summed E-state index contributed by atoms with van der Waals surface area (Å²) < 4.78 is 1.75. The molecule has 2 rings (SSSR count). The van der Waals surface area contributed by atoms with E-state index in [1.165, 1.54) is 6.33 Å². The van der Waals surface area contributed by atoms with Crippen LogP contribution in [0.15, 0.2) is 18.6 Å². The second-order valence-corrected chi connectivity index (χ2v) is 3.14. The summed E-state index contributed by atoms with van der Waals surface area (Å²) in [6, 6.07) is 1.95. The number of halogens is 1. The van der Waals surface area contributed by atoms with Crippen molar-refractivity contribution in [2.75, 3.05) is 5.33 Å². The SMILES string of the molecule is BrCCc1ccnc2ncnn12. The van der Waals surface area contributed by atoms with E-state index < -0.39 is 0 Å². The molecule has 12 heavy (non-hydrogen) atoms. The van der Waals surface area contributed by atoms with E-state index in [4.69, 9.17) is 0 Å². The number of nitrogens with zero attached hydrogens (tertiary/aromatic N) is 4. The largest absolute Gasteiger partial charge is 0.252 e. The minimum absolute atomic E-state index is 0.661. The van der Waals surface area contributed by atoms with Crippen LogP contribution in [0.3, 0.4) is 0 Å². The highest BCUT2D eigenvalue weighted by Crippen LogP contribution is 2.02. The molecule has 62 valence electrons. The van der Waals surface area contributed by atoms with Crippen LogP contribution in [-0.4, -0.2) is 24.9 Å². The lowest BCUT2D eigenvalue weighted by Crippen LogP contribution is -2.00. The normalized spacial score (nSPS) is 10.8. The van der Waals surface area contributed by atoms with E-state index in [0.29, 0.717) is 5.78 Å². The van der Waals surface area contributed by atoms with Crippen molar-refractivity contribution >= 4 is 21.7 Å². The van der Waals surface area contributed by atoms with Crippen LogP contribution in [0.4, 0.5) is 0 Å². The molecule has 0 radical (unpaired) electrons. The monoisotopic (exact) mass is 226 g/mol. The molecular weight excluding hydrogens is 220 g/mol. The van der Waals surface area contributed by atoms with Crippen molar-refractivity contribution in [1.29, 1.82) is 0 Å². The van der Waals surface area contributed by atoms with Gasteiger partial charge in [0.05, 0.1) is 0 Å². The number of hydrogen-bond acceptors (Lipinski definition) is 3. The molecule has 0 unspecified atom stereocenters. The minimum Gasteiger partial charge on any atom is -0.220 e. The van der Waals surface area contributed by atoms with Crippen LogP contribution in [0.5, 0.6) is 0 Å². The van der Waals surface area contributed by atoms with Gasteiger partial charge in [-0.1, -0.05) is 15.9 Å². The maximum atomic E-state index is 4.06. The zero-order chi connectivity index (χ0) is 8.39. The summed E-state index contributed by atoms with van der Waals surface area (Å²) in [5.41, 5.74) is 1.12. The second kappa shape index (κ2) is 3.18. The van der Waals surface area contributed by atoms with Crippen LogP contribution in [0.2, 0.25) is 0 Å². The van der Waals surface area contributed by atoms with Gasteiger partial charge in [0.15, 0.2) is 0 Å². The summed E-state index contributed by atoms with van der Waals surface area (Å²) in [5.74, 6) is 0.661. The number of rotatable bonds is 2. The fourth-order valence-electron chi connectivity index (χ4n) is 1.07. The van der Waals surface area contributed by atoms with Gasteiger partial charge >= 0.3 is 0 Å². The average Bonchev–Trinajstić information content (AvgIpc) is 2.53. The van der Waals surface area contributed by atoms with E-state index in [1.54, 1.807) is 10.7 Å². The quantitative estimate of drug-likeness (QED) is 0.720. The summed E-state index contributed by atoms with van der Waals surface area (Å²) in [7, 11) is 0. The first-order valence-electron chi connectivity index (χ1n) is 3.61. The highest BCUT2D eigenvalue weighted by atomic mass is 79.9. The smallest absolute Gasteiger partial charge is 0.220 e. The summed E-state index contributed by atoms with van der Waals surface area (Å²) in [6.07, 6.45) is 4.20. The summed E-state index contributed by atoms with van der Waals surface area (Å²) >= 11 is 3.38. The number of hydrogen-bond donors (Lipinski definition) is 0. The van der Waals surface area contributed by atoms with Gasteiger partial charge in [-0.15, -0.1) is 0 Å². The van der Waals surface area contributed by atoms with Gasteiger partial charge in [0.25, 0.3) is 5.78 Å². The highest BCUT2D eigenvalue weighted by molar-refractivity contribution is 9.09. The Hall–Kier alpha value is -0.970. The molecule has 0 spiro atoms. The number of alkyl halides is 1. The Morgan fingerprint density at radius 3 is 3.17 bits per heavy atom. The molecule has 0 aliphatic heterocycles. The number of aryl methyl sites for hydroxylation is 1. The molecule has 4 nitrogen and oxygen atoms in total. The Morgan fingerprint density at radius 2 is 2.33 bits per heavy atom. The second-order valence-electron chi connectivity index (χ2n) is 2.35. The number of fused-ring (bicyclic) bond motifs is 1. The van der Waals surface area contributed by atoms with Gasteiger partial charge in [-0.3, -0.25) is 0 Å².